The van der Waals surface area contributed by atoms with Crippen LogP contribution in [0.1, 0.15) is 11.3 Å². The molecule has 0 aliphatic carbocycles. The lowest BCUT2D eigenvalue weighted by molar-refractivity contribution is -0.138. The Morgan fingerprint density at radius 2 is 1.76 bits per heavy atom. The van der Waals surface area contributed by atoms with Crippen molar-refractivity contribution in [2.24, 2.45) is 0 Å². The van der Waals surface area contributed by atoms with Gasteiger partial charge < -0.3 is 10.2 Å². The molecule has 4 nitrogen and oxygen atoms in total. The summed E-state index contributed by atoms with van der Waals surface area (Å²) < 4.78 is 37.4. The molecule has 0 aliphatic heterocycles. The number of carbonyl (C=O) groups is 1. The molecule has 2 N–H and O–H groups in total. The van der Waals surface area contributed by atoms with Gasteiger partial charge in [0.2, 0.25) is 0 Å². The van der Waals surface area contributed by atoms with E-state index in [0.29, 0.717) is 11.1 Å². The Balaban J connectivity index is 2.30. The standard InChI is InChI=1S/C14H10F3NO3/c15-14(16,17)10-3-1-8(2-4-10)9-5-12(19)11(18-7-9)6-13(20)21/h1-5,7,19H,6H2,(H,20,21). The van der Waals surface area contributed by atoms with Gasteiger partial charge in [0.15, 0.2) is 0 Å². The lowest BCUT2D eigenvalue weighted by Crippen LogP contribution is -2.04. The number of halogens is 3. The summed E-state index contributed by atoms with van der Waals surface area (Å²) in [4.78, 5) is 14.4. The molecule has 0 bridgehead atoms. The molecular weight excluding hydrogens is 287 g/mol. The maximum Gasteiger partial charge on any atom is 0.416 e. The molecule has 0 fully saturated rings. The van der Waals surface area contributed by atoms with Crippen LogP contribution in [0, 0.1) is 0 Å². The zero-order valence-corrected chi connectivity index (χ0v) is 10.6. The first-order valence-corrected chi connectivity index (χ1v) is 5.84. The molecule has 0 saturated heterocycles. The highest BCUT2D eigenvalue weighted by Gasteiger charge is 2.29. The quantitative estimate of drug-likeness (QED) is 0.913. The minimum atomic E-state index is -4.41. The number of carboxylic acid groups (broad SMARTS) is 1. The molecule has 0 aliphatic rings. The van der Waals surface area contributed by atoms with Gasteiger partial charge in [-0.2, -0.15) is 13.2 Å². The summed E-state index contributed by atoms with van der Waals surface area (Å²) in [6.07, 6.45) is -3.54. The first-order chi connectivity index (χ1) is 9.77. The molecule has 2 aromatic rings. The van der Waals surface area contributed by atoms with Crippen molar-refractivity contribution in [3.05, 3.63) is 47.8 Å². The van der Waals surface area contributed by atoms with E-state index in [-0.39, 0.29) is 11.4 Å². The molecule has 0 saturated carbocycles. The van der Waals surface area contributed by atoms with Crippen LogP contribution in [0.4, 0.5) is 13.2 Å². The molecule has 110 valence electrons. The van der Waals surface area contributed by atoms with Crippen LogP contribution >= 0.6 is 0 Å². The zero-order chi connectivity index (χ0) is 15.6. The van der Waals surface area contributed by atoms with E-state index in [0.717, 1.165) is 12.1 Å². The van der Waals surface area contributed by atoms with E-state index >= 15 is 0 Å². The number of benzene rings is 1. The monoisotopic (exact) mass is 297 g/mol. The molecule has 2 rings (SSSR count). The molecule has 0 amide bonds. The van der Waals surface area contributed by atoms with Crippen molar-refractivity contribution in [3.63, 3.8) is 0 Å². The fourth-order valence-electron chi connectivity index (χ4n) is 1.77. The van der Waals surface area contributed by atoms with Gasteiger partial charge in [-0.15, -0.1) is 0 Å². The average Bonchev–Trinajstić information content (AvgIpc) is 2.40. The molecule has 0 radical (unpaired) electrons. The van der Waals surface area contributed by atoms with Crippen molar-refractivity contribution in [3.8, 4) is 16.9 Å². The highest BCUT2D eigenvalue weighted by atomic mass is 19.4. The van der Waals surface area contributed by atoms with Gasteiger partial charge >= 0.3 is 12.1 Å². The topological polar surface area (TPSA) is 70.4 Å². The number of alkyl halides is 3. The summed E-state index contributed by atoms with van der Waals surface area (Å²) in [6.45, 7) is 0. The van der Waals surface area contributed by atoms with Crippen molar-refractivity contribution in [1.29, 1.82) is 0 Å². The Kier molecular flexibility index (Phi) is 3.84. The maximum atomic E-state index is 12.5. The number of hydrogen-bond acceptors (Lipinski definition) is 3. The van der Waals surface area contributed by atoms with Crippen LogP contribution in [0.15, 0.2) is 36.5 Å². The van der Waals surface area contributed by atoms with Crippen molar-refractivity contribution >= 4 is 5.97 Å². The third kappa shape index (κ3) is 3.50. The van der Waals surface area contributed by atoms with Crippen LogP contribution in [0.3, 0.4) is 0 Å². The van der Waals surface area contributed by atoms with E-state index in [4.69, 9.17) is 5.11 Å². The minimum Gasteiger partial charge on any atom is -0.506 e. The van der Waals surface area contributed by atoms with Crippen molar-refractivity contribution in [2.75, 3.05) is 0 Å². The van der Waals surface area contributed by atoms with Crippen LogP contribution in [-0.4, -0.2) is 21.2 Å². The van der Waals surface area contributed by atoms with E-state index < -0.39 is 24.1 Å². The second-order valence-electron chi connectivity index (χ2n) is 4.34. The summed E-state index contributed by atoms with van der Waals surface area (Å²) in [5.74, 6) is -1.45. The first-order valence-electron chi connectivity index (χ1n) is 5.84. The van der Waals surface area contributed by atoms with Gasteiger partial charge in [0.25, 0.3) is 0 Å². The van der Waals surface area contributed by atoms with Crippen LogP contribution in [0.5, 0.6) is 5.75 Å². The molecular formula is C14H10F3NO3. The molecule has 0 atom stereocenters. The molecule has 21 heavy (non-hydrogen) atoms. The summed E-state index contributed by atoms with van der Waals surface area (Å²) in [7, 11) is 0. The molecule has 0 spiro atoms. The summed E-state index contributed by atoms with van der Waals surface area (Å²) in [6, 6.07) is 5.65. The third-order valence-electron chi connectivity index (χ3n) is 2.81. The summed E-state index contributed by atoms with van der Waals surface area (Å²) in [5.41, 5.74) is 0.0622. The van der Waals surface area contributed by atoms with Gasteiger partial charge in [-0.3, -0.25) is 9.78 Å². The smallest absolute Gasteiger partial charge is 0.416 e. The van der Waals surface area contributed by atoms with Gasteiger partial charge in [0, 0.05) is 11.8 Å². The first kappa shape index (κ1) is 14.8. The molecule has 1 aromatic heterocycles. The lowest BCUT2D eigenvalue weighted by Gasteiger charge is -2.08. The minimum absolute atomic E-state index is 0.00170. The number of rotatable bonds is 3. The maximum absolute atomic E-state index is 12.5. The number of carboxylic acids is 1. The van der Waals surface area contributed by atoms with Crippen LogP contribution in [0.25, 0.3) is 11.1 Å². The Bertz CT molecular complexity index is 666. The highest BCUT2D eigenvalue weighted by Crippen LogP contribution is 2.31. The number of pyridine rings is 1. The van der Waals surface area contributed by atoms with E-state index in [2.05, 4.69) is 4.98 Å². The van der Waals surface area contributed by atoms with Gasteiger partial charge in [0.1, 0.15) is 5.75 Å². The second-order valence-corrected chi connectivity index (χ2v) is 4.34. The van der Waals surface area contributed by atoms with Crippen molar-refractivity contribution in [2.45, 2.75) is 12.6 Å². The Labute approximate surface area is 117 Å². The molecule has 1 aromatic carbocycles. The number of aliphatic carboxylic acids is 1. The highest BCUT2D eigenvalue weighted by molar-refractivity contribution is 5.71. The van der Waals surface area contributed by atoms with E-state index in [1.807, 2.05) is 0 Å². The number of aromatic nitrogens is 1. The number of aromatic hydroxyl groups is 1. The van der Waals surface area contributed by atoms with Gasteiger partial charge in [0.05, 0.1) is 17.7 Å². The van der Waals surface area contributed by atoms with Crippen molar-refractivity contribution < 1.29 is 28.2 Å². The lowest BCUT2D eigenvalue weighted by atomic mass is 10.0. The molecule has 1 heterocycles. The normalized spacial score (nSPS) is 11.4. The zero-order valence-electron chi connectivity index (χ0n) is 10.6. The van der Waals surface area contributed by atoms with Gasteiger partial charge in [-0.05, 0) is 23.8 Å². The van der Waals surface area contributed by atoms with Gasteiger partial charge in [-0.25, -0.2) is 0 Å². The largest absolute Gasteiger partial charge is 0.506 e. The van der Waals surface area contributed by atoms with Gasteiger partial charge in [-0.1, -0.05) is 12.1 Å². The second kappa shape index (κ2) is 5.43. The fourth-order valence-corrected chi connectivity index (χ4v) is 1.77. The van der Waals surface area contributed by atoms with Crippen LogP contribution in [0.2, 0.25) is 0 Å². The van der Waals surface area contributed by atoms with Crippen molar-refractivity contribution in [1.82, 2.24) is 4.98 Å². The Morgan fingerprint density at radius 3 is 2.24 bits per heavy atom. The Morgan fingerprint density at radius 1 is 1.14 bits per heavy atom. The van der Waals surface area contributed by atoms with Crippen LogP contribution in [-0.2, 0) is 17.4 Å². The SMILES string of the molecule is O=C(O)Cc1ncc(-c2ccc(C(F)(F)F)cc2)cc1O. The fraction of sp³-hybridized carbons (Fsp3) is 0.143. The predicted octanol–water partition coefficient (Wildman–Crippen LogP) is 3.10. The summed E-state index contributed by atoms with van der Waals surface area (Å²) >= 11 is 0. The van der Waals surface area contributed by atoms with E-state index in [9.17, 15) is 23.1 Å². The van der Waals surface area contributed by atoms with Crippen LogP contribution < -0.4 is 0 Å². The molecule has 7 heteroatoms. The summed E-state index contributed by atoms with van der Waals surface area (Å²) in [5, 5.41) is 18.3. The third-order valence-corrected chi connectivity index (χ3v) is 2.81. The number of nitrogens with zero attached hydrogens (tertiary/aromatic N) is 1. The number of hydrogen-bond donors (Lipinski definition) is 2. The molecule has 0 unspecified atom stereocenters. The average molecular weight is 297 g/mol. The van der Waals surface area contributed by atoms with E-state index in [1.54, 1.807) is 0 Å². The predicted molar refractivity (Wildman–Crippen MR) is 67.7 cm³/mol. The van der Waals surface area contributed by atoms with E-state index in [1.165, 1.54) is 24.4 Å². The Hall–Kier alpha value is -2.57.